The molecule has 0 unspecified atom stereocenters. The average molecular weight is 500 g/mol. The first-order valence-electron chi connectivity index (χ1n) is 11.6. The van der Waals surface area contributed by atoms with E-state index >= 15 is 0 Å². The van der Waals surface area contributed by atoms with E-state index in [0.717, 1.165) is 15.4 Å². The maximum Gasteiger partial charge on any atom is 0.269 e. The summed E-state index contributed by atoms with van der Waals surface area (Å²) in [4.78, 5) is 40.2. The van der Waals surface area contributed by atoms with Crippen molar-refractivity contribution in [3.05, 3.63) is 65.2 Å². The van der Waals surface area contributed by atoms with Crippen LogP contribution >= 0.6 is 0 Å². The quantitative estimate of drug-likeness (QED) is 0.601. The molecule has 8 nitrogen and oxygen atoms in total. The molecule has 1 heterocycles. The fourth-order valence-corrected chi connectivity index (χ4v) is 5.52. The number of rotatable bonds is 8. The van der Waals surface area contributed by atoms with Crippen LogP contribution in [0.2, 0.25) is 0 Å². The van der Waals surface area contributed by atoms with Crippen LogP contribution in [-0.4, -0.2) is 53.5 Å². The highest BCUT2D eigenvalue weighted by Crippen LogP contribution is 2.30. The summed E-state index contributed by atoms with van der Waals surface area (Å²) in [5.41, 5.74) is 1.66. The van der Waals surface area contributed by atoms with Crippen molar-refractivity contribution in [2.75, 3.05) is 6.54 Å². The Kier molecular flexibility index (Phi) is 7.69. The van der Waals surface area contributed by atoms with Gasteiger partial charge in [-0.3, -0.25) is 14.4 Å². The first-order chi connectivity index (χ1) is 16.3. The van der Waals surface area contributed by atoms with E-state index in [1.165, 1.54) is 17.0 Å². The zero-order valence-corrected chi connectivity index (χ0v) is 21.7. The van der Waals surface area contributed by atoms with Gasteiger partial charge >= 0.3 is 0 Å². The zero-order chi connectivity index (χ0) is 26.0. The van der Waals surface area contributed by atoms with Crippen molar-refractivity contribution in [2.24, 2.45) is 0 Å². The van der Waals surface area contributed by atoms with Crippen LogP contribution in [0.5, 0.6) is 0 Å². The van der Waals surface area contributed by atoms with Gasteiger partial charge in [0.15, 0.2) is 0 Å². The van der Waals surface area contributed by atoms with Gasteiger partial charge in [0.05, 0.1) is 5.56 Å². The van der Waals surface area contributed by atoms with Crippen molar-refractivity contribution < 1.29 is 22.8 Å². The largest absolute Gasteiger partial charge is 0.350 e. The first-order valence-corrected chi connectivity index (χ1v) is 13.1. The predicted molar refractivity (Wildman–Crippen MR) is 133 cm³/mol. The van der Waals surface area contributed by atoms with Crippen molar-refractivity contribution in [3.8, 4) is 0 Å². The van der Waals surface area contributed by atoms with Crippen molar-refractivity contribution in [3.63, 3.8) is 0 Å². The van der Waals surface area contributed by atoms with Crippen LogP contribution in [0.25, 0.3) is 0 Å². The second kappa shape index (κ2) is 10.2. The molecule has 0 aromatic heterocycles. The summed E-state index contributed by atoms with van der Waals surface area (Å²) in [6.45, 7) is 9.39. The van der Waals surface area contributed by atoms with E-state index in [9.17, 15) is 22.8 Å². The van der Waals surface area contributed by atoms with E-state index < -0.39 is 27.5 Å². The highest BCUT2D eigenvalue weighted by atomic mass is 32.2. The number of hydrogen-bond acceptors (Lipinski definition) is 5. The summed E-state index contributed by atoms with van der Waals surface area (Å²) in [7, 11) is -3.92. The van der Waals surface area contributed by atoms with Gasteiger partial charge in [-0.05, 0) is 58.7 Å². The summed E-state index contributed by atoms with van der Waals surface area (Å²) in [5, 5.41) is 2.91. The maximum absolute atomic E-state index is 13.3. The lowest BCUT2D eigenvalue weighted by molar-refractivity contribution is -0.141. The number of nitrogens with zero attached hydrogens (tertiary/aromatic N) is 2. The second-order valence-corrected chi connectivity index (χ2v) is 11.7. The molecule has 0 spiro atoms. The smallest absolute Gasteiger partial charge is 0.269 e. The lowest BCUT2D eigenvalue weighted by atomic mass is 10.1. The third kappa shape index (κ3) is 6.08. The van der Waals surface area contributed by atoms with Crippen molar-refractivity contribution in [1.82, 2.24) is 14.5 Å². The van der Waals surface area contributed by atoms with Gasteiger partial charge in [-0.15, -0.1) is 0 Å². The summed E-state index contributed by atoms with van der Waals surface area (Å²) >= 11 is 0. The molecule has 1 atom stereocenters. The van der Waals surface area contributed by atoms with Gasteiger partial charge < -0.3 is 10.2 Å². The Labute approximate surface area is 207 Å². The molecule has 0 saturated heterocycles. The molecule has 35 heavy (non-hydrogen) atoms. The number of sulfonamides is 1. The summed E-state index contributed by atoms with van der Waals surface area (Å²) in [6.07, 6.45) is 0.143. The lowest BCUT2D eigenvalue weighted by Crippen LogP contribution is -2.52. The molecule has 0 fully saturated rings. The van der Waals surface area contributed by atoms with Gasteiger partial charge in [0, 0.05) is 25.0 Å². The number of hydrogen-bond donors (Lipinski definition) is 1. The number of amides is 3. The minimum Gasteiger partial charge on any atom is -0.350 e. The summed E-state index contributed by atoms with van der Waals surface area (Å²) in [5.74, 6) is -1.14. The molecule has 188 valence electrons. The van der Waals surface area contributed by atoms with E-state index in [-0.39, 0.29) is 48.2 Å². The predicted octanol–water partition coefficient (Wildman–Crippen LogP) is 3.25. The Morgan fingerprint density at radius 3 is 2.29 bits per heavy atom. The molecule has 0 radical (unpaired) electrons. The van der Waals surface area contributed by atoms with Crippen LogP contribution < -0.4 is 5.32 Å². The molecule has 0 aliphatic carbocycles. The molecule has 1 aliphatic rings. The van der Waals surface area contributed by atoms with Gasteiger partial charge in [-0.1, -0.05) is 42.0 Å². The number of nitrogens with one attached hydrogen (secondary N) is 1. The highest BCUT2D eigenvalue weighted by Gasteiger charge is 2.40. The molecule has 0 saturated carbocycles. The maximum atomic E-state index is 13.3. The summed E-state index contributed by atoms with van der Waals surface area (Å²) < 4.78 is 26.3. The molecule has 2 aromatic carbocycles. The third-order valence-electron chi connectivity index (χ3n) is 5.80. The van der Waals surface area contributed by atoms with Crippen LogP contribution in [0.3, 0.4) is 0 Å². The third-order valence-corrected chi connectivity index (χ3v) is 7.64. The van der Waals surface area contributed by atoms with Crippen molar-refractivity contribution in [1.29, 1.82) is 0 Å². The van der Waals surface area contributed by atoms with Gasteiger partial charge in [0.1, 0.15) is 10.9 Å². The zero-order valence-electron chi connectivity index (χ0n) is 20.9. The van der Waals surface area contributed by atoms with E-state index in [4.69, 9.17) is 0 Å². The molecule has 3 amide bonds. The number of carbonyl (C=O) groups is 3. The van der Waals surface area contributed by atoms with Crippen LogP contribution in [-0.2, 0) is 26.2 Å². The Morgan fingerprint density at radius 2 is 1.69 bits per heavy atom. The van der Waals surface area contributed by atoms with Crippen LogP contribution in [0.4, 0.5) is 0 Å². The second-order valence-electron chi connectivity index (χ2n) is 9.90. The normalized spacial score (nSPS) is 15.5. The standard InChI is InChI=1S/C26H33N3O5S/c1-18-12-14-20(15-13-18)17-28(19(2)24(31)27-26(3,4)5)23(30)11-8-16-29-25(32)21-9-6-7-10-22(21)35(29,33)34/h6-7,9-10,12-15,19H,8,11,16-17H2,1-5H3,(H,27,31)/t19-/m1/s1. The molecular formula is C26H33N3O5S. The Bertz CT molecular complexity index is 1220. The Hall–Kier alpha value is -3.20. The molecule has 9 heteroatoms. The van der Waals surface area contributed by atoms with Gasteiger partial charge in [0.25, 0.3) is 15.9 Å². The Balaban J connectivity index is 1.72. The first kappa shape index (κ1) is 26.4. The minimum absolute atomic E-state index is 0.00531. The van der Waals surface area contributed by atoms with Crippen LogP contribution in [0, 0.1) is 6.92 Å². The number of aryl methyl sites for hydroxylation is 1. The van der Waals surface area contributed by atoms with Gasteiger partial charge in [-0.25, -0.2) is 12.7 Å². The summed E-state index contributed by atoms with van der Waals surface area (Å²) in [6, 6.07) is 13.1. The van der Waals surface area contributed by atoms with E-state index in [2.05, 4.69) is 5.32 Å². The van der Waals surface area contributed by atoms with Crippen LogP contribution in [0.1, 0.15) is 62.0 Å². The van der Waals surface area contributed by atoms with E-state index in [1.807, 2.05) is 52.0 Å². The lowest BCUT2D eigenvalue weighted by Gasteiger charge is -2.31. The number of fused-ring (bicyclic) bond motifs is 1. The number of carbonyl (C=O) groups excluding carboxylic acids is 3. The molecule has 2 aromatic rings. The Morgan fingerprint density at radius 1 is 1.06 bits per heavy atom. The SMILES string of the molecule is Cc1ccc(CN(C(=O)CCCN2C(=O)c3ccccc3S2(=O)=O)[C@H](C)C(=O)NC(C)(C)C)cc1. The highest BCUT2D eigenvalue weighted by molar-refractivity contribution is 7.90. The van der Waals surface area contributed by atoms with Gasteiger partial charge in [0.2, 0.25) is 11.8 Å². The fourth-order valence-electron chi connectivity index (χ4n) is 3.92. The van der Waals surface area contributed by atoms with E-state index in [0.29, 0.717) is 0 Å². The van der Waals surface area contributed by atoms with Crippen molar-refractivity contribution in [2.45, 2.75) is 70.5 Å². The average Bonchev–Trinajstić information content (AvgIpc) is 2.97. The molecule has 1 aliphatic heterocycles. The fraction of sp³-hybridized carbons (Fsp3) is 0.423. The minimum atomic E-state index is -3.92. The molecule has 1 N–H and O–H groups in total. The van der Waals surface area contributed by atoms with Crippen molar-refractivity contribution >= 4 is 27.7 Å². The van der Waals surface area contributed by atoms with E-state index in [1.54, 1.807) is 19.1 Å². The molecular weight excluding hydrogens is 466 g/mol. The monoisotopic (exact) mass is 499 g/mol. The topological polar surface area (TPSA) is 104 Å². The molecule has 0 bridgehead atoms. The molecule has 3 rings (SSSR count). The number of benzene rings is 2. The van der Waals surface area contributed by atoms with Gasteiger partial charge in [-0.2, -0.15) is 0 Å². The van der Waals surface area contributed by atoms with Crippen LogP contribution in [0.15, 0.2) is 53.4 Å².